The van der Waals surface area contributed by atoms with Gasteiger partial charge in [0, 0.05) is 43.5 Å². The quantitative estimate of drug-likeness (QED) is 0.849. The van der Waals surface area contributed by atoms with Crippen LogP contribution in [0.2, 0.25) is 0 Å². The zero-order chi connectivity index (χ0) is 14.6. The number of rotatable bonds is 1. The van der Waals surface area contributed by atoms with Crippen molar-refractivity contribution < 1.29 is 9.59 Å². The number of benzene rings is 1. The minimum Gasteiger partial charge on any atom is -0.355 e. The van der Waals surface area contributed by atoms with Crippen LogP contribution in [0.4, 0.5) is 0 Å². The molecular weight excluding hydrogens is 266 g/mol. The van der Waals surface area contributed by atoms with Gasteiger partial charge in [0.05, 0.1) is 5.92 Å². The second-order valence-corrected chi connectivity index (χ2v) is 5.97. The second-order valence-electron chi connectivity index (χ2n) is 5.97. The topological polar surface area (TPSA) is 54.3 Å². The standard InChI is InChI=1S/C16H17N3O2/c1-18-13-5-3-2-4-10(13)6-14(18)16(21)19-8-11-7-17-15(20)12(11)9-19/h2-6,11-12H,7-9H2,1H3,(H,17,20)/t11-,12+/m1/s1. The van der Waals surface area contributed by atoms with E-state index in [4.69, 9.17) is 0 Å². The van der Waals surface area contributed by atoms with Crippen LogP contribution in [0.15, 0.2) is 30.3 Å². The van der Waals surface area contributed by atoms with E-state index < -0.39 is 0 Å². The zero-order valence-electron chi connectivity index (χ0n) is 11.9. The lowest BCUT2D eigenvalue weighted by atomic mass is 10.0. The van der Waals surface area contributed by atoms with E-state index >= 15 is 0 Å². The number of nitrogens with zero attached hydrogens (tertiary/aromatic N) is 2. The fourth-order valence-corrected chi connectivity index (χ4v) is 3.56. The molecule has 21 heavy (non-hydrogen) atoms. The molecule has 108 valence electrons. The first kappa shape index (κ1) is 12.4. The van der Waals surface area contributed by atoms with Gasteiger partial charge in [-0.2, -0.15) is 0 Å². The van der Waals surface area contributed by atoms with Gasteiger partial charge >= 0.3 is 0 Å². The molecule has 1 aromatic carbocycles. The number of likely N-dealkylation sites (tertiary alicyclic amines) is 1. The lowest BCUT2D eigenvalue weighted by Gasteiger charge is -2.17. The van der Waals surface area contributed by atoms with E-state index in [1.807, 2.05) is 46.8 Å². The summed E-state index contributed by atoms with van der Waals surface area (Å²) in [7, 11) is 1.92. The van der Waals surface area contributed by atoms with Crippen molar-refractivity contribution in [1.82, 2.24) is 14.8 Å². The number of aryl methyl sites for hydroxylation is 1. The predicted octanol–water partition coefficient (Wildman–Crippen LogP) is 0.996. The van der Waals surface area contributed by atoms with Gasteiger partial charge in [0.2, 0.25) is 5.91 Å². The molecule has 0 radical (unpaired) electrons. The van der Waals surface area contributed by atoms with Gasteiger partial charge in [-0.3, -0.25) is 9.59 Å². The minimum atomic E-state index is -0.0244. The molecule has 2 amide bonds. The van der Waals surface area contributed by atoms with Gasteiger partial charge < -0.3 is 14.8 Å². The summed E-state index contributed by atoms with van der Waals surface area (Å²) in [6.07, 6.45) is 0. The Kier molecular flexibility index (Phi) is 2.58. The first-order valence-electron chi connectivity index (χ1n) is 7.26. The number of amides is 2. The van der Waals surface area contributed by atoms with Gasteiger partial charge in [-0.05, 0) is 12.1 Å². The lowest BCUT2D eigenvalue weighted by molar-refractivity contribution is -0.122. The van der Waals surface area contributed by atoms with Gasteiger partial charge in [0.25, 0.3) is 5.91 Å². The molecule has 0 bridgehead atoms. The summed E-state index contributed by atoms with van der Waals surface area (Å²) in [5.41, 5.74) is 1.74. The number of carbonyl (C=O) groups excluding carboxylic acids is 2. The van der Waals surface area contributed by atoms with Gasteiger partial charge in [0.15, 0.2) is 0 Å². The smallest absolute Gasteiger partial charge is 0.270 e. The Morgan fingerprint density at radius 3 is 2.86 bits per heavy atom. The van der Waals surface area contributed by atoms with Crippen molar-refractivity contribution in [2.75, 3.05) is 19.6 Å². The lowest BCUT2D eigenvalue weighted by Crippen LogP contribution is -2.34. The molecule has 2 saturated heterocycles. The summed E-state index contributed by atoms with van der Waals surface area (Å²) in [6.45, 7) is 1.91. The molecule has 2 aromatic rings. The number of para-hydroxylation sites is 1. The van der Waals surface area contributed by atoms with Crippen LogP contribution in [-0.4, -0.2) is 40.9 Å². The fraction of sp³-hybridized carbons (Fsp3) is 0.375. The molecule has 0 spiro atoms. The Balaban J connectivity index is 1.65. The van der Waals surface area contributed by atoms with Crippen molar-refractivity contribution in [2.24, 2.45) is 18.9 Å². The highest BCUT2D eigenvalue weighted by molar-refractivity contribution is 5.99. The molecule has 2 fully saturated rings. The number of hydrogen-bond donors (Lipinski definition) is 1. The van der Waals surface area contributed by atoms with Crippen molar-refractivity contribution >= 4 is 22.7 Å². The Morgan fingerprint density at radius 1 is 1.29 bits per heavy atom. The normalized spacial score (nSPS) is 24.4. The average Bonchev–Trinajstić information content (AvgIpc) is 3.15. The van der Waals surface area contributed by atoms with Crippen molar-refractivity contribution in [2.45, 2.75) is 0 Å². The maximum atomic E-state index is 12.7. The van der Waals surface area contributed by atoms with Crippen LogP contribution < -0.4 is 5.32 Å². The van der Waals surface area contributed by atoms with E-state index in [0.717, 1.165) is 10.9 Å². The molecule has 1 aromatic heterocycles. The fourth-order valence-electron chi connectivity index (χ4n) is 3.56. The summed E-state index contributed by atoms with van der Waals surface area (Å²) in [5, 5.41) is 3.94. The maximum Gasteiger partial charge on any atom is 0.270 e. The number of fused-ring (bicyclic) bond motifs is 2. The molecule has 3 heterocycles. The molecular formula is C16H17N3O2. The summed E-state index contributed by atoms with van der Waals surface area (Å²) >= 11 is 0. The van der Waals surface area contributed by atoms with Crippen LogP contribution in [0.3, 0.4) is 0 Å². The van der Waals surface area contributed by atoms with E-state index in [-0.39, 0.29) is 23.7 Å². The zero-order valence-corrected chi connectivity index (χ0v) is 11.9. The summed E-state index contributed by atoms with van der Waals surface area (Å²) in [6, 6.07) is 9.91. The maximum absolute atomic E-state index is 12.7. The van der Waals surface area contributed by atoms with Crippen LogP contribution in [0.5, 0.6) is 0 Å². The van der Waals surface area contributed by atoms with Gasteiger partial charge in [0.1, 0.15) is 5.69 Å². The number of aromatic nitrogens is 1. The number of hydrogen-bond acceptors (Lipinski definition) is 2. The van der Waals surface area contributed by atoms with Crippen LogP contribution in [-0.2, 0) is 11.8 Å². The molecule has 2 aliphatic rings. The summed E-state index contributed by atoms with van der Waals surface area (Å²) in [4.78, 5) is 26.3. The highest BCUT2D eigenvalue weighted by Crippen LogP contribution is 2.29. The molecule has 2 aliphatic heterocycles. The average molecular weight is 283 g/mol. The third-order valence-corrected chi connectivity index (χ3v) is 4.77. The summed E-state index contributed by atoms with van der Waals surface area (Å²) < 4.78 is 1.94. The predicted molar refractivity (Wildman–Crippen MR) is 78.8 cm³/mol. The van der Waals surface area contributed by atoms with Crippen molar-refractivity contribution in [3.63, 3.8) is 0 Å². The first-order chi connectivity index (χ1) is 10.1. The van der Waals surface area contributed by atoms with Gasteiger partial charge in [-0.1, -0.05) is 18.2 Å². The number of nitrogens with one attached hydrogen (secondary N) is 1. The highest BCUT2D eigenvalue weighted by Gasteiger charge is 2.43. The summed E-state index contributed by atoms with van der Waals surface area (Å²) in [5.74, 6) is 0.364. The molecule has 4 rings (SSSR count). The monoisotopic (exact) mass is 283 g/mol. The second kappa shape index (κ2) is 4.35. The molecule has 0 saturated carbocycles. The van der Waals surface area contributed by atoms with E-state index in [1.165, 1.54) is 0 Å². The molecule has 0 unspecified atom stereocenters. The minimum absolute atomic E-state index is 0.0240. The van der Waals surface area contributed by atoms with Crippen LogP contribution in [0.1, 0.15) is 10.5 Å². The third-order valence-electron chi connectivity index (χ3n) is 4.77. The third kappa shape index (κ3) is 1.77. The Labute approximate surface area is 122 Å². The Morgan fingerprint density at radius 2 is 2.10 bits per heavy atom. The van der Waals surface area contributed by atoms with Crippen molar-refractivity contribution in [1.29, 1.82) is 0 Å². The van der Waals surface area contributed by atoms with Crippen LogP contribution in [0, 0.1) is 11.8 Å². The number of carbonyl (C=O) groups is 2. The van der Waals surface area contributed by atoms with Crippen molar-refractivity contribution in [3.8, 4) is 0 Å². The Hall–Kier alpha value is -2.30. The molecule has 1 N–H and O–H groups in total. The Bertz CT molecular complexity index is 749. The van der Waals surface area contributed by atoms with Gasteiger partial charge in [-0.25, -0.2) is 0 Å². The van der Waals surface area contributed by atoms with Gasteiger partial charge in [-0.15, -0.1) is 0 Å². The SMILES string of the molecule is Cn1c(C(=O)N2C[C@H]3CNC(=O)[C@H]3C2)cc2ccccc21. The van der Waals surface area contributed by atoms with E-state index in [1.54, 1.807) is 0 Å². The molecule has 2 atom stereocenters. The van der Waals surface area contributed by atoms with E-state index in [2.05, 4.69) is 5.32 Å². The van der Waals surface area contributed by atoms with E-state index in [0.29, 0.717) is 25.3 Å². The van der Waals surface area contributed by atoms with E-state index in [9.17, 15) is 9.59 Å². The largest absolute Gasteiger partial charge is 0.355 e. The van der Waals surface area contributed by atoms with Crippen LogP contribution >= 0.6 is 0 Å². The van der Waals surface area contributed by atoms with Crippen LogP contribution in [0.25, 0.3) is 10.9 Å². The van der Waals surface area contributed by atoms with Crippen molar-refractivity contribution in [3.05, 3.63) is 36.0 Å². The molecule has 5 heteroatoms. The molecule has 5 nitrogen and oxygen atoms in total. The molecule has 0 aliphatic carbocycles. The highest BCUT2D eigenvalue weighted by atomic mass is 16.2. The first-order valence-corrected chi connectivity index (χ1v) is 7.26.